The predicted octanol–water partition coefficient (Wildman–Crippen LogP) is 4.36. The maximum atomic E-state index is 13.6. The summed E-state index contributed by atoms with van der Waals surface area (Å²) in [5.74, 6) is -0.290. The van der Waals surface area contributed by atoms with E-state index in [1.807, 2.05) is 0 Å². The lowest BCUT2D eigenvalue weighted by Crippen LogP contribution is -2.52. The number of benzene rings is 2. The molecule has 0 aliphatic carbocycles. The topological polar surface area (TPSA) is 96.0 Å². The predicted molar refractivity (Wildman–Crippen MR) is 140 cm³/mol. The minimum absolute atomic E-state index is 0.00683. The molecule has 12 heteroatoms. The maximum absolute atomic E-state index is 13.6. The fourth-order valence-electron chi connectivity index (χ4n) is 3.44. The van der Waals surface area contributed by atoms with Crippen LogP contribution in [0.3, 0.4) is 0 Å². The molecule has 0 bridgehead atoms. The summed E-state index contributed by atoms with van der Waals surface area (Å²) in [6, 6.07) is 8.79. The van der Waals surface area contributed by atoms with Crippen LogP contribution in [0.15, 0.2) is 36.4 Å². The maximum Gasteiger partial charge on any atom is 0.244 e. The first-order chi connectivity index (χ1) is 16.4. The molecule has 0 aliphatic heterocycles. The number of carbonyl (C=O) groups is 2. The van der Waals surface area contributed by atoms with Gasteiger partial charge in [-0.05, 0) is 43.2 Å². The van der Waals surface area contributed by atoms with Crippen LogP contribution in [0.4, 0.5) is 5.69 Å². The van der Waals surface area contributed by atoms with Crippen LogP contribution in [0, 0.1) is 0 Å². The van der Waals surface area contributed by atoms with Gasteiger partial charge in [0, 0.05) is 13.1 Å². The Morgan fingerprint density at radius 1 is 1.03 bits per heavy atom. The van der Waals surface area contributed by atoms with Crippen LogP contribution in [-0.2, 0) is 26.2 Å². The van der Waals surface area contributed by atoms with Gasteiger partial charge in [0.25, 0.3) is 0 Å². The first-order valence-electron chi connectivity index (χ1n) is 10.7. The molecule has 0 aliphatic rings. The van der Waals surface area contributed by atoms with E-state index in [0.717, 1.165) is 16.1 Å². The molecular weight excluding hydrogens is 537 g/mol. The fourth-order valence-corrected chi connectivity index (χ4v) is 4.98. The monoisotopic (exact) mass is 563 g/mol. The number of hydrogen-bond donors (Lipinski definition) is 1. The van der Waals surface area contributed by atoms with Crippen LogP contribution in [0.25, 0.3) is 0 Å². The van der Waals surface area contributed by atoms with E-state index in [1.165, 1.54) is 17.0 Å². The Kier molecular flexibility index (Phi) is 10.5. The van der Waals surface area contributed by atoms with Gasteiger partial charge in [0.2, 0.25) is 21.8 Å². The Morgan fingerprint density at radius 2 is 1.63 bits per heavy atom. The van der Waals surface area contributed by atoms with E-state index in [1.54, 1.807) is 45.2 Å². The minimum atomic E-state index is -3.96. The molecule has 0 spiro atoms. The van der Waals surface area contributed by atoms with Crippen LogP contribution in [0.2, 0.25) is 15.1 Å². The van der Waals surface area contributed by atoms with E-state index in [-0.39, 0.29) is 33.2 Å². The Balaban J connectivity index is 2.49. The standard InChI is InChI=1S/C23H28Cl3N3O5S/c1-5-20(23(31)27-6-2)28(13-15-7-9-16(34-3)10-8-15)22(30)14-29(35(4,32)33)21-12-18(25)17(24)11-19(21)26/h7-12,20H,5-6,13-14H2,1-4H3,(H,27,31)/t20-/m1/s1. The Hall–Kier alpha value is -2.20. The van der Waals surface area contributed by atoms with Crippen molar-refractivity contribution in [1.29, 1.82) is 0 Å². The van der Waals surface area contributed by atoms with Crippen molar-refractivity contribution in [1.82, 2.24) is 10.2 Å². The Labute approximate surface area is 221 Å². The molecule has 0 unspecified atom stereocenters. The second-order valence-electron chi connectivity index (χ2n) is 7.68. The van der Waals surface area contributed by atoms with Gasteiger partial charge in [-0.15, -0.1) is 0 Å². The second kappa shape index (κ2) is 12.7. The van der Waals surface area contributed by atoms with E-state index in [2.05, 4.69) is 5.32 Å². The SMILES string of the molecule is CCNC(=O)[C@@H](CC)N(Cc1ccc(OC)cc1)C(=O)CN(c1cc(Cl)c(Cl)cc1Cl)S(C)(=O)=O. The summed E-state index contributed by atoms with van der Waals surface area (Å²) in [5.41, 5.74) is 0.743. The molecular formula is C23H28Cl3N3O5S. The summed E-state index contributed by atoms with van der Waals surface area (Å²) in [5, 5.41) is 2.97. The van der Waals surface area contributed by atoms with Crippen molar-refractivity contribution in [2.75, 3.05) is 30.8 Å². The average molecular weight is 565 g/mol. The highest BCUT2D eigenvalue weighted by atomic mass is 35.5. The molecule has 1 atom stereocenters. The van der Waals surface area contributed by atoms with Crippen molar-refractivity contribution in [2.24, 2.45) is 0 Å². The van der Waals surface area contributed by atoms with Crippen LogP contribution >= 0.6 is 34.8 Å². The van der Waals surface area contributed by atoms with Crippen molar-refractivity contribution in [3.05, 3.63) is 57.0 Å². The molecule has 0 aromatic heterocycles. The molecule has 2 rings (SSSR count). The Bertz CT molecular complexity index is 1160. The van der Waals surface area contributed by atoms with Crippen molar-refractivity contribution in [3.8, 4) is 5.75 Å². The lowest BCUT2D eigenvalue weighted by molar-refractivity contribution is -0.140. The summed E-state index contributed by atoms with van der Waals surface area (Å²) < 4.78 is 31.4. The number of likely N-dealkylation sites (N-methyl/N-ethyl adjacent to an activating group) is 1. The molecule has 2 amide bonds. The molecule has 1 N–H and O–H groups in total. The molecule has 2 aromatic carbocycles. The van der Waals surface area contributed by atoms with Crippen molar-refractivity contribution >= 4 is 62.3 Å². The molecule has 2 aromatic rings. The molecule has 0 heterocycles. The van der Waals surface area contributed by atoms with Gasteiger partial charge in [0.05, 0.1) is 34.1 Å². The van der Waals surface area contributed by atoms with Crippen molar-refractivity contribution in [3.63, 3.8) is 0 Å². The van der Waals surface area contributed by atoms with E-state index < -0.39 is 28.5 Å². The molecule has 0 radical (unpaired) electrons. The fraction of sp³-hybridized carbons (Fsp3) is 0.391. The number of halogens is 3. The van der Waals surface area contributed by atoms with Crippen molar-refractivity contribution < 1.29 is 22.7 Å². The van der Waals surface area contributed by atoms with E-state index >= 15 is 0 Å². The lowest BCUT2D eigenvalue weighted by Gasteiger charge is -2.33. The number of methoxy groups -OCH3 is 1. The molecule has 8 nitrogen and oxygen atoms in total. The summed E-state index contributed by atoms with van der Waals surface area (Å²) >= 11 is 18.3. The smallest absolute Gasteiger partial charge is 0.244 e. The van der Waals surface area contributed by atoms with Crippen LogP contribution in [-0.4, -0.2) is 57.6 Å². The van der Waals surface area contributed by atoms with E-state index in [4.69, 9.17) is 39.5 Å². The van der Waals surface area contributed by atoms with Gasteiger partial charge in [-0.1, -0.05) is 53.9 Å². The molecule has 0 fully saturated rings. The number of carbonyl (C=O) groups excluding carboxylic acids is 2. The number of ether oxygens (including phenoxy) is 1. The number of hydrogen-bond acceptors (Lipinski definition) is 5. The average Bonchev–Trinajstić information content (AvgIpc) is 2.79. The zero-order valence-corrected chi connectivity index (χ0v) is 22.9. The summed E-state index contributed by atoms with van der Waals surface area (Å²) in [6.07, 6.45) is 1.27. The first kappa shape index (κ1) is 29.0. The summed E-state index contributed by atoms with van der Waals surface area (Å²) in [7, 11) is -2.42. The third kappa shape index (κ3) is 7.64. The quantitative estimate of drug-likeness (QED) is 0.409. The highest BCUT2D eigenvalue weighted by Gasteiger charge is 2.32. The van der Waals surface area contributed by atoms with E-state index in [0.29, 0.717) is 18.7 Å². The van der Waals surface area contributed by atoms with Crippen LogP contribution < -0.4 is 14.4 Å². The third-order valence-electron chi connectivity index (χ3n) is 5.19. The molecule has 35 heavy (non-hydrogen) atoms. The van der Waals surface area contributed by atoms with Crippen molar-refractivity contribution in [2.45, 2.75) is 32.9 Å². The number of amides is 2. The second-order valence-corrected chi connectivity index (χ2v) is 10.8. The van der Waals surface area contributed by atoms with Gasteiger partial charge >= 0.3 is 0 Å². The van der Waals surface area contributed by atoms with Crippen LogP contribution in [0.5, 0.6) is 5.75 Å². The van der Waals surface area contributed by atoms with Gasteiger partial charge < -0.3 is 15.0 Å². The molecule has 0 saturated carbocycles. The number of nitrogens with zero attached hydrogens (tertiary/aromatic N) is 2. The van der Waals surface area contributed by atoms with E-state index in [9.17, 15) is 18.0 Å². The normalized spacial score (nSPS) is 12.1. The van der Waals surface area contributed by atoms with Gasteiger partial charge in [0.1, 0.15) is 18.3 Å². The van der Waals surface area contributed by atoms with Gasteiger partial charge in [-0.3, -0.25) is 13.9 Å². The number of anilines is 1. The summed E-state index contributed by atoms with van der Waals surface area (Å²) in [6.45, 7) is 3.41. The number of sulfonamides is 1. The van der Waals surface area contributed by atoms with Crippen LogP contribution in [0.1, 0.15) is 25.8 Å². The molecule has 192 valence electrons. The largest absolute Gasteiger partial charge is 0.497 e. The van der Waals surface area contributed by atoms with Gasteiger partial charge in [-0.25, -0.2) is 8.42 Å². The van der Waals surface area contributed by atoms with Gasteiger partial charge in [0.15, 0.2) is 0 Å². The highest BCUT2D eigenvalue weighted by Crippen LogP contribution is 2.35. The lowest BCUT2D eigenvalue weighted by atomic mass is 10.1. The summed E-state index contributed by atoms with van der Waals surface area (Å²) in [4.78, 5) is 27.7. The first-order valence-corrected chi connectivity index (χ1v) is 13.7. The number of rotatable bonds is 11. The highest BCUT2D eigenvalue weighted by molar-refractivity contribution is 7.92. The number of nitrogens with one attached hydrogen (secondary N) is 1. The zero-order valence-electron chi connectivity index (χ0n) is 19.8. The van der Waals surface area contributed by atoms with Gasteiger partial charge in [-0.2, -0.15) is 0 Å². The Morgan fingerprint density at radius 3 is 2.14 bits per heavy atom. The molecule has 0 saturated heterocycles. The third-order valence-corrected chi connectivity index (χ3v) is 7.34. The minimum Gasteiger partial charge on any atom is -0.497 e. The zero-order chi connectivity index (χ0) is 26.3.